The van der Waals surface area contributed by atoms with E-state index in [9.17, 15) is 0 Å². The van der Waals surface area contributed by atoms with Crippen molar-refractivity contribution in [3.05, 3.63) is 15.9 Å². The molecule has 1 N–H and O–H groups in total. The highest BCUT2D eigenvalue weighted by molar-refractivity contribution is 9.11. The fourth-order valence-electron chi connectivity index (χ4n) is 1.06. The Morgan fingerprint density at radius 1 is 1.53 bits per heavy atom. The van der Waals surface area contributed by atoms with Crippen molar-refractivity contribution >= 4 is 33.3 Å². The van der Waals surface area contributed by atoms with Crippen LogP contribution in [0.15, 0.2) is 20.4 Å². The molecule has 2 heterocycles. The number of halogens is 1. The fraction of sp³-hybridized carbons (Fsp3) is 0.333. The highest BCUT2D eigenvalue weighted by atomic mass is 79.9. The molecule has 0 aliphatic rings. The molecule has 6 heteroatoms. The quantitative estimate of drug-likeness (QED) is 0.937. The summed E-state index contributed by atoms with van der Waals surface area (Å²) in [7, 11) is 0. The number of anilines is 1. The van der Waals surface area contributed by atoms with Gasteiger partial charge in [0.25, 0.3) is 0 Å². The van der Waals surface area contributed by atoms with E-state index in [0.29, 0.717) is 11.8 Å². The first kappa shape index (κ1) is 10.6. The van der Waals surface area contributed by atoms with Crippen LogP contribution in [0.1, 0.15) is 13.3 Å². The topological polar surface area (TPSA) is 51.0 Å². The van der Waals surface area contributed by atoms with Gasteiger partial charge in [0.1, 0.15) is 0 Å². The molecule has 0 unspecified atom stereocenters. The molecule has 0 saturated heterocycles. The van der Waals surface area contributed by atoms with Crippen LogP contribution in [0, 0.1) is 0 Å². The van der Waals surface area contributed by atoms with E-state index in [1.165, 1.54) is 0 Å². The molecular formula is C9H10BrN3OS. The second-order valence-corrected chi connectivity index (χ2v) is 5.42. The molecule has 0 saturated carbocycles. The highest BCUT2D eigenvalue weighted by Crippen LogP contribution is 2.29. The van der Waals surface area contributed by atoms with Crippen LogP contribution in [-0.4, -0.2) is 16.7 Å². The molecule has 0 aliphatic heterocycles. The Bertz CT molecular complexity index is 440. The lowest BCUT2D eigenvalue weighted by Gasteiger charge is -1.93. The first-order chi connectivity index (χ1) is 7.29. The van der Waals surface area contributed by atoms with Crippen molar-refractivity contribution in [1.82, 2.24) is 10.1 Å². The van der Waals surface area contributed by atoms with E-state index in [-0.39, 0.29) is 0 Å². The lowest BCUT2D eigenvalue weighted by Crippen LogP contribution is -1.99. The zero-order valence-electron chi connectivity index (χ0n) is 8.16. The summed E-state index contributed by atoms with van der Waals surface area (Å²) in [5.74, 6) is 0.629. The summed E-state index contributed by atoms with van der Waals surface area (Å²) in [5.41, 5.74) is 0. The lowest BCUT2D eigenvalue weighted by atomic mass is 10.4. The number of rotatable bonds is 4. The van der Waals surface area contributed by atoms with Gasteiger partial charge in [0, 0.05) is 6.54 Å². The largest absolute Gasteiger partial charge is 0.338 e. The fourth-order valence-corrected chi connectivity index (χ4v) is 2.37. The molecule has 0 aromatic carbocycles. The molecule has 0 atom stereocenters. The summed E-state index contributed by atoms with van der Waals surface area (Å²) in [5, 5.41) is 6.94. The van der Waals surface area contributed by atoms with E-state index in [0.717, 1.165) is 21.6 Å². The van der Waals surface area contributed by atoms with Gasteiger partial charge in [-0.15, -0.1) is 11.3 Å². The Kier molecular flexibility index (Phi) is 3.37. The maximum Gasteiger partial charge on any atom is 0.321 e. The summed E-state index contributed by atoms with van der Waals surface area (Å²) < 4.78 is 6.11. The lowest BCUT2D eigenvalue weighted by molar-refractivity contribution is 0.432. The molecule has 0 aliphatic carbocycles. The molecule has 2 rings (SSSR count). The van der Waals surface area contributed by atoms with Gasteiger partial charge < -0.3 is 9.84 Å². The summed E-state index contributed by atoms with van der Waals surface area (Å²) in [4.78, 5) is 5.23. The number of aromatic nitrogens is 2. The molecule has 80 valence electrons. The van der Waals surface area contributed by atoms with Gasteiger partial charge in [0.15, 0.2) is 0 Å². The van der Waals surface area contributed by atoms with Crippen molar-refractivity contribution in [2.45, 2.75) is 13.3 Å². The molecule has 2 aromatic rings. The van der Waals surface area contributed by atoms with E-state index in [2.05, 4.69) is 38.3 Å². The van der Waals surface area contributed by atoms with E-state index >= 15 is 0 Å². The first-order valence-corrected chi connectivity index (χ1v) is 6.24. The number of hydrogen-bond donors (Lipinski definition) is 1. The predicted octanol–water partition coefficient (Wildman–Crippen LogP) is 3.38. The van der Waals surface area contributed by atoms with Crippen LogP contribution >= 0.6 is 27.3 Å². The van der Waals surface area contributed by atoms with Gasteiger partial charge in [-0.05, 0) is 34.5 Å². The van der Waals surface area contributed by atoms with Crippen molar-refractivity contribution in [2.24, 2.45) is 0 Å². The molecule has 0 spiro atoms. The Morgan fingerprint density at radius 2 is 2.40 bits per heavy atom. The van der Waals surface area contributed by atoms with Gasteiger partial charge in [0.05, 0.1) is 8.66 Å². The maximum atomic E-state index is 5.05. The Morgan fingerprint density at radius 3 is 3.07 bits per heavy atom. The van der Waals surface area contributed by atoms with Crippen molar-refractivity contribution in [2.75, 3.05) is 11.9 Å². The second-order valence-electron chi connectivity index (χ2n) is 2.95. The number of nitrogens with one attached hydrogen (secondary N) is 1. The summed E-state index contributed by atoms with van der Waals surface area (Å²) in [6, 6.07) is 4.41. The van der Waals surface area contributed by atoms with Gasteiger partial charge >= 0.3 is 6.01 Å². The van der Waals surface area contributed by atoms with Crippen LogP contribution in [0.3, 0.4) is 0 Å². The van der Waals surface area contributed by atoms with E-state index in [4.69, 9.17) is 4.52 Å². The zero-order valence-corrected chi connectivity index (χ0v) is 10.6. The van der Waals surface area contributed by atoms with Crippen molar-refractivity contribution in [3.63, 3.8) is 0 Å². The molecule has 2 aromatic heterocycles. The van der Waals surface area contributed by atoms with Crippen LogP contribution < -0.4 is 5.32 Å². The zero-order chi connectivity index (χ0) is 10.7. The van der Waals surface area contributed by atoms with Gasteiger partial charge in [0.2, 0.25) is 5.82 Å². The van der Waals surface area contributed by atoms with Crippen LogP contribution in [0.2, 0.25) is 0 Å². The summed E-state index contributed by atoms with van der Waals surface area (Å²) in [6.07, 6.45) is 1.03. The highest BCUT2D eigenvalue weighted by Gasteiger charge is 2.09. The molecule has 0 fully saturated rings. The molecule has 0 radical (unpaired) electrons. The van der Waals surface area contributed by atoms with Gasteiger partial charge in [-0.3, -0.25) is 0 Å². The minimum Gasteiger partial charge on any atom is -0.338 e. The number of thiophene rings is 1. The SMILES string of the molecule is CCCNc1nc(-c2ccc(Br)s2)no1. The molecule has 15 heavy (non-hydrogen) atoms. The van der Waals surface area contributed by atoms with Gasteiger partial charge in [-0.2, -0.15) is 4.98 Å². The van der Waals surface area contributed by atoms with Crippen LogP contribution in [0.4, 0.5) is 6.01 Å². The van der Waals surface area contributed by atoms with E-state index < -0.39 is 0 Å². The van der Waals surface area contributed by atoms with Crippen molar-refractivity contribution in [1.29, 1.82) is 0 Å². The van der Waals surface area contributed by atoms with Gasteiger partial charge in [-0.1, -0.05) is 12.1 Å². The van der Waals surface area contributed by atoms with Gasteiger partial charge in [-0.25, -0.2) is 0 Å². The second kappa shape index (κ2) is 4.76. The molecule has 0 bridgehead atoms. The summed E-state index contributed by atoms with van der Waals surface area (Å²) in [6.45, 7) is 2.93. The van der Waals surface area contributed by atoms with E-state index in [1.807, 2.05) is 12.1 Å². The average Bonchev–Trinajstić information content (AvgIpc) is 2.83. The molecular weight excluding hydrogens is 278 g/mol. The average molecular weight is 288 g/mol. The summed E-state index contributed by atoms with van der Waals surface area (Å²) >= 11 is 4.98. The Labute approximate surface area is 99.8 Å². The van der Waals surface area contributed by atoms with Crippen molar-refractivity contribution in [3.8, 4) is 10.7 Å². The third-order valence-electron chi connectivity index (χ3n) is 1.75. The monoisotopic (exact) mass is 287 g/mol. The Balaban J connectivity index is 2.13. The Hall–Kier alpha value is -0.880. The third-order valence-corrected chi connectivity index (χ3v) is 3.37. The molecule has 4 nitrogen and oxygen atoms in total. The molecule has 0 amide bonds. The standard InChI is InChI=1S/C9H10BrN3OS/c1-2-5-11-9-12-8(13-14-9)6-3-4-7(10)15-6/h3-4H,2,5H2,1H3,(H,11,12,13). The smallest absolute Gasteiger partial charge is 0.321 e. The minimum atomic E-state index is 0.483. The number of nitrogens with zero attached hydrogens (tertiary/aromatic N) is 2. The maximum absolute atomic E-state index is 5.05. The third kappa shape index (κ3) is 2.57. The number of hydrogen-bond acceptors (Lipinski definition) is 5. The van der Waals surface area contributed by atoms with Crippen LogP contribution in [0.5, 0.6) is 0 Å². The van der Waals surface area contributed by atoms with Crippen LogP contribution in [0.25, 0.3) is 10.7 Å². The van der Waals surface area contributed by atoms with Crippen LogP contribution in [-0.2, 0) is 0 Å². The van der Waals surface area contributed by atoms with E-state index in [1.54, 1.807) is 11.3 Å². The predicted molar refractivity (Wildman–Crippen MR) is 64.1 cm³/mol. The normalized spacial score (nSPS) is 10.5. The van der Waals surface area contributed by atoms with Crippen molar-refractivity contribution < 1.29 is 4.52 Å². The minimum absolute atomic E-state index is 0.483. The first-order valence-electron chi connectivity index (χ1n) is 4.63.